The van der Waals surface area contributed by atoms with E-state index in [4.69, 9.17) is 13.8 Å². The van der Waals surface area contributed by atoms with Crippen molar-refractivity contribution in [2.24, 2.45) is 0 Å². The third-order valence-corrected chi connectivity index (χ3v) is 16.6. The summed E-state index contributed by atoms with van der Waals surface area (Å²) >= 11 is 0. The van der Waals surface area contributed by atoms with Crippen molar-refractivity contribution in [3.63, 3.8) is 0 Å². The molecule has 79 heavy (non-hydrogen) atoms. The smallest absolute Gasteiger partial charge is 0.456 e. The highest BCUT2D eigenvalue weighted by Gasteiger charge is 2.30. The molecule has 0 spiro atoms. The number of allylic oxidation sites excluding steroid dienone is 5. The van der Waals surface area contributed by atoms with Crippen LogP contribution < -0.4 is 5.32 Å². The molecule has 9 nitrogen and oxygen atoms in total. The largest absolute Gasteiger partial charge is 0.472 e. The van der Waals surface area contributed by atoms with E-state index in [1.807, 2.05) is 33.3 Å². The highest BCUT2D eigenvalue weighted by Crippen LogP contribution is 2.43. The van der Waals surface area contributed by atoms with Crippen LogP contribution in [0.3, 0.4) is 0 Å². The van der Waals surface area contributed by atoms with Crippen LogP contribution in [-0.4, -0.2) is 74.3 Å². The Balaban J connectivity index is 4.98. The molecular weight excluding hydrogens is 1000 g/mol. The van der Waals surface area contributed by atoms with E-state index in [0.717, 1.165) is 64.2 Å². The summed E-state index contributed by atoms with van der Waals surface area (Å²) in [7, 11) is 1.51. The topological polar surface area (TPSA) is 111 Å². The van der Waals surface area contributed by atoms with Crippen molar-refractivity contribution in [3.05, 3.63) is 36.5 Å². The quantitative estimate of drug-likeness (QED) is 0.0205. The van der Waals surface area contributed by atoms with Crippen LogP contribution in [0.2, 0.25) is 0 Å². The van der Waals surface area contributed by atoms with E-state index in [-0.39, 0.29) is 25.1 Å². The van der Waals surface area contributed by atoms with E-state index in [2.05, 4.69) is 50.4 Å². The Bertz CT molecular complexity index is 1450. The first-order chi connectivity index (χ1) is 38.4. The van der Waals surface area contributed by atoms with Crippen LogP contribution in [0.15, 0.2) is 36.5 Å². The van der Waals surface area contributed by atoms with Crippen LogP contribution >= 0.6 is 7.82 Å². The average Bonchev–Trinajstić information content (AvgIpc) is 3.41. The zero-order valence-corrected chi connectivity index (χ0v) is 54.3. The van der Waals surface area contributed by atoms with E-state index >= 15 is 0 Å². The van der Waals surface area contributed by atoms with Crippen molar-refractivity contribution in [2.75, 3.05) is 40.9 Å². The number of likely N-dealkylation sites (N-methyl/N-ethyl adjacent to an activating group) is 1. The molecule has 3 atom stereocenters. The van der Waals surface area contributed by atoms with Crippen LogP contribution in [0.5, 0.6) is 0 Å². The van der Waals surface area contributed by atoms with E-state index in [9.17, 15) is 19.0 Å². The molecule has 0 fully saturated rings. The van der Waals surface area contributed by atoms with Gasteiger partial charge in [0, 0.05) is 12.8 Å². The fourth-order valence-electron chi connectivity index (χ4n) is 10.3. The third-order valence-electron chi connectivity index (χ3n) is 15.6. The lowest BCUT2D eigenvalue weighted by molar-refractivity contribution is -0.870. The molecule has 0 aromatic heterocycles. The molecule has 10 heteroatoms. The number of nitrogens with zero attached hydrogens (tertiary/aromatic N) is 1. The molecule has 0 heterocycles. The van der Waals surface area contributed by atoms with Crippen molar-refractivity contribution in [3.8, 4) is 0 Å². The maximum Gasteiger partial charge on any atom is 0.472 e. The first-order valence-corrected chi connectivity index (χ1v) is 35.8. The lowest BCUT2D eigenvalue weighted by Crippen LogP contribution is -2.47. The normalized spacial score (nSPS) is 13.8. The first-order valence-electron chi connectivity index (χ1n) is 34.3. The summed E-state index contributed by atoms with van der Waals surface area (Å²) in [6.07, 6.45) is 73.0. The molecule has 0 saturated carbocycles. The number of carbonyl (C=O) groups excluding carboxylic acids is 2. The number of unbranched alkanes of at least 4 members (excludes halogenated alkanes) is 43. The number of rotatable bonds is 63. The van der Waals surface area contributed by atoms with Crippen molar-refractivity contribution in [2.45, 2.75) is 354 Å². The number of hydrogen-bond donors (Lipinski definition) is 2. The summed E-state index contributed by atoms with van der Waals surface area (Å²) in [5, 5.41) is 3.07. The number of quaternary nitrogens is 1. The molecule has 0 aliphatic rings. The highest BCUT2D eigenvalue weighted by atomic mass is 31.2. The second-order valence-corrected chi connectivity index (χ2v) is 26.2. The summed E-state index contributed by atoms with van der Waals surface area (Å²) in [6.45, 7) is 7.04. The van der Waals surface area contributed by atoms with Gasteiger partial charge in [-0.05, 0) is 63.9 Å². The number of phosphoric ester groups is 1. The van der Waals surface area contributed by atoms with E-state index in [1.165, 1.54) is 244 Å². The zero-order valence-electron chi connectivity index (χ0n) is 53.4. The third kappa shape index (κ3) is 60.6. The second-order valence-electron chi connectivity index (χ2n) is 24.7. The van der Waals surface area contributed by atoms with Crippen molar-refractivity contribution < 1.29 is 37.3 Å². The maximum atomic E-state index is 13.6. The summed E-state index contributed by atoms with van der Waals surface area (Å²) < 4.78 is 30.8. The zero-order chi connectivity index (χ0) is 57.9. The van der Waals surface area contributed by atoms with Crippen LogP contribution in [0, 0.1) is 0 Å². The minimum atomic E-state index is -4.45. The predicted octanol–water partition coefficient (Wildman–Crippen LogP) is 21.5. The molecule has 0 saturated heterocycles. The van der Waals surface area contributed by atoms with Gasteiger partial charge in [0.2, 0.25) is 5.91 Å². The Labute approximate surface area is 491 Å². The van der Waals surface area contributed by atoms with Gasteiger partial charge in [0.15, 0.2) is 0 Å². The molecule has 0 bridgehead atoms. The van der Waals surface area contributed by atoms with Gasteiger partial charge in [0.1, 0.15) is 19.3 Å². The summed E-state index contributed by atoms with van der Waals surface area (Å²) in [6, 6.07) is -0.843. The van der Waals surface area contributed by atoms with Gasteiger partial charge in [0.05, 0.1) is 33.8 Å². The molecule has 3 unspecified atom stereocenters. The Morgan fingerprint density at radius 3 is 1.16 bits per heavy atom. The van der Waals surface area contributed by atoms with Crippen molar-refractivity contribution >= 4 is 19.7 Å². The Morgan fingerprint density at radius 1 is 0.443 bits per heavy atom. The maximum absolute atomic E-state index is 13.6. The SMILES string of the molecule is CCCCC/C=C\C/C=C\CCCCCCCCCCCCCCCCCCCC(=O)NC(COP(=O)(O)OCC[N+](C)(C)C)C(/C=C\CCCCCCCCCCCCC)OC(=O)CCCCCCCCCCCCCCC. The van der Waals surface area contributed by atoms with Gasteiger partial charge >= 0.3 is 13.8 Å². The number of amides is 1. The molecule has 0 aliphatic carbocycles. The summed E-state index contributed by atoms with van der Waals surface area (Å²) in [5.41, 5.74) is 0. The Morgan fingerprint density at radius 2 is 0.772 bits per heavy atom. The van der Waals surface area contributed by atoms with Crippen LogP contribution in [0.4, 0.5) is 0 Å². The number of carbonyl (C=O) groups is 2. The molecule has 0 aromatic carbocycles. The molecule has 0 aliphatic heterocycles. The Kier molecular flexibility index (Phi) is 58.1. The van der Waals surface area contributed by atoms with Gasteiger partial charge in [-0.3, -0.25) is 18.6 Å². The predicted molar refractivity (Wildman–Crippen MR) is 342 cm³/mol. The van der Waals surface area contributed by atoms with E-state index in [0.29, 0.717) is 23.9 Å². The number of ether oxygens (including phenoxy) is 1. The average molecular weight is 1130 g/mol. The van der Waals surface area contributed by atoms with Crippen molar-refractivity contribution in [1.82, 2.24) is 5.32 Å². The van der Waals surface area contributed by atoms with Gasteiger partial charge in [0.25, 0.3) is 0 Å². The fraction of sp³-hybridized carbons (Fsp3) is 0.884. The lowest BCUT2D eigenvalue weighted by Gasteiger charge is -2.27. The Hall–Kier alpha value is -1.77. The number of esters is 1. The molecule has 466 valence electrons. The molecule has 0 radical (unpaired) electrons. The lowest BCUT2D eigenvalue weighted by atomic mass is 10.0. The van der Waals surface area contributed by atoms with Crippen LogP contribution in [-0.2, 0) is 27.9 Å². The molecule has 0 aromatic rings. The van der Waals surface area contributed by atoms with Crippen LogP contribution in [0.25, 0.3) is 0 Å². The molecule has 2 N–H and O–H groups in total. The highest BCUT2D eigenvalue weighted by molar-refractivity contribution is 7.47. The summed E-state index contributed by atoms with van der Waals surface area (Å²) in [4.78, 5) is 37.8. The number of nitrogens with one attached hydrogen (secondary N) is 1. The van der Waals surface area contributed by atoms with Gasteiger partial charge in [-0.25, -0.2) is 4.57 Å². The second kappa shape index (κ2) is 59.4. The minimum Gasteiger partial charge on any atom is -0.456 e. The number of phosphoric acid groups is 1. The fourth-order valence-corrected chi connectivity index (χ4v) is 11.0. The van der Waals surface area contributed by atoms with E-state index in [1.54, 1.807) is 0 Å². The number of hydrogen-bond acceptors (Lipinski definition) is 6. The minimum absolute atomic E-state index is 0.0437. The monoisotopic (exact) mass is 1130 g/mol. The summed E-state index contributed by atoms with van der Waals surface area (Å²) in [5.74, 6) is -0.486. The first kappa shape index (κ1) is 77.2. The standard InChI is InChI=1S/C69H133N2O7P/c1-7-10-13-16-19-22-25-28-29-30-31-32-33-34-35-36-37-38-39-40-41-44-46-49-52-55-58-61-68(72)70-66(65-77-79(74,75)76-64-63-71(4,5)6)67(60-57-54-51-48-45-42-26-23-20-17-14-11-8-2)78-69(73)62-59-56-53-50-47-43-27-24-21-18-15-12-9-3/h19,22,28-29,57,60,66-67H,7-18,20-21,23-27,30-56,58-59,61-65H2,1-6H3,(H-,70,72,74,75)/p+1/b22-19-,29-28-,60-57-. The van der Waals surface area contributed by atoms with Gasteiger partial charge < -0.3 is 19.4 Å². The molecule has 0 rings (SSSR count). The van der Waals surface area contributed by atoms with Gasteiger partial charge in [-0.15, -0.1) is 0 Å². The van der Waals surface area contributed by atoms with Crippen molar-refractivity contribution in [1.29, 1.82) is 0 Å². The molecular formula is C69H134N2O7P+. The van der Waals surface area contributed by atoms with Crippen LogP contribution in [0.1, 0.15) is 342 Å². The van der Waals surface area contributed by atoms with Gasteiger partial charge in [-0.2, -0.15) is 0 Å². The molecule has 1 amide bonds. The van der Waals surface area contributed by atoms with E-state index < -0.39 is 20.0 Å². The van der Waals surface area contributed by atoms with Gasteiger partial charge in [-0.1, -0.05) is 302 Å².